The first-order valence-corrected chi connectivity index (χ1v) is 8.93. The zero-order valence-corrected chi connectivity index (χ0v) is 15.1. The van der Waals surface area contributed by atoms with Crippen LogP contribution < -0.4 is 15.4 Å². The fourth-order valence-electron chi connectivity index (χ4n) is 3.56. The first-order chi connectivity index (χ1) is 13.2. The highest BCUT2D eigenvalue weighted by Crippen LogP contribution is 2.33. The van der Waals surface area contributed by atoms with Crippen molar-refractivity contribution in [1.82, 2.24) is 15.5 Å². The number of ether oxygens (including phenoxy) is 1. The maximum absolute atomic E-state index is 13.0. The molecule has 1 unspecified atom stereocenters. The van der Waals surface area contributed by atoms with Gasteiger partial charge in [0, 0.05) is 6.54 Å². The maximum atomic E-state index is 13.0. The number of urea groups is 1. The summed E-state index contributed by atoms with van der Waals surface area (Å²) in [5.41, 5.74) is 3.35. The highest BCUT2D eigenvalue weighted by atomic mass is 16.5. The minimum atomic E-state index is -0.450. The van der Waals surface area contributed by atoms with E-state index in [0.29, 0.717) is 24.4 Å². The number of carbonyl (C=O) groups excluding carboxylic acids is 2. The number of amides is 3. The number of carbonyl (C=O) groups is 2. The summed E-state index contributed by atoms with van der Waals surface area (Å²) in [6.45, 7) is 1.04. The summed E-state index contributed by atoms with van der Waals surface area (Å²) in [5, 5.41) is 5.67. The molecular weight excluding hydrogens is 342 g/mol. The molecule has 6 nitrogen and oxygen atoms in total. The largest absolute Gasteiger partial charge is 0.497 e. The number of nitrogens with one attached hydrogen (secondary N) is 2. The summed E-state index contributed by atoms with van der Waals surface area (Å²) in [6, 6.07) is 16.7. The smallest absolute Gasteiger partial charge is 0.319 e. The molecule has 27 heavy (non-hydrogen) atoms. The first-order valence-electron chi connectivity index (χ1n) is 8.93. The molecule has 0 aromatic heterocycles. The molecule has 6 heteroatoms. The molecule has 1 atom stereocenters. The van der Waals surface area contributed by atoms with E-state index in [4.69, 9.17) is 4.74 Å². The van der Waals surface area contributed by atoms with Crippen molar-refractivity contribution >= 4 is 11.9 Å². The predicted molar refractivity (Wildman–Crippen MR) is 101 cm³/mol. The second kappa shape index (κ2) is 7.15. The van der Waals surface area contributed by atoms with Crippen LogP contribution in [0.15, 0.2) is 65.9 Å². The summed E-state index contributed by atoms with van der Waals surface area (Å²) in [7, 11) is 1.60. The van der Waals surface area contributed by atoms with E-state index in [1.807, 2.05) is 42.5 Å². The standard InChI is InChI=1S/C21H21N3O3/c1-27-16-9-7-15(8-10-16)19-18-17(22-21(26)23-19)13-24(20(18)25)12-11-14-5-3-2-4-6-14/h2-10,19H,11-13H2,1H3,(H2,22,23,26). The van der Waals surface area contributed by atoms with Crippen molar-refractivity contribution in [3.63, 3.8) is 0 Å². The Kier molecular flexibility index (Phi) is 4.54. The molecule has 0 radical (unpaired) electrons. The molecule has 2 aromatic rings. The Morgan fingerprint density at radius 2 is 1.81 bits per heavy atom. The summed E-state index contributed by atoms with van der Waals surface area (Å²) < 4.78 is 5.19. The number of methoxy groups -OCH3 is 1. The maximum Gasteiger partial charge on any atom is 0.319 e. The van der Waals surface area contributed by atoms with Crippen molar-refractivity contribution in [2.75, 3.05) is 20.2 Å². The number of nitrogens with zero attached hydrogens (tertiary/aromatic N) is 1. The van der Waals surface area contributed by atoms with Crippen LogP contribution >= 0.6 is 0 Å². The first kappa shape index (κ1) is 17.1. The van der Waals surface area contributed by atoms with Crippen LogP contribution in [0.3, 0.4) is 0 Å². The molecule has 0 saturated heterocycles. The van der Waals surface area contributed by atoms with Gasteiger partial charge in [0.25, 0.3) is 5.91 Å². The van der Waals surface area contributed by atoms with Crippen molar-refractivity contribution in [1.29, 1.82) is 0 Å². The molecule has 4 rings (SSSR count). The second-order valence-corrected chi connectivity index (χ2v) is 6.66. The lowest BCUT2D eigenvalue weighted by atomic mass is 9.96. The summed E-state index contributed by atoms with van der Waals surface area (Å²) in [6.07, 6.45) is 0.779. The van der Waals surface area contributed by atoms with Gasteiger partial charge in [-0.15, -0.1) is 0 Å². The van der Waals surface area contributed by atoms with E-state index in [0.717, 1.165) is 17.7 Å². The molecule has 2 N–H and O–H groups in total. The molecule has 138 valence electrons. The van der Waals surface area contributed by atoms with Gasteiger partial charge in [-0.1, -0.05) is 42.5 Å². The van der Waals surface area contributed by atoms with Gasteiger partial charge >= 0.3 is 6.03 Å². The Bertz CT molecular complexity index is 891. The average Bonchev–Trinajstić information content (AvgIpc) is 3.02. The highest BCUT2D eigenvalue weighted by molar-refractivity contribution is 6.01. The lowest BCUT2D eigenvalue weighted by Gasteiger charge is -2.25. The monoisotopic (exact) mass is 363 g/mol. The Hall–Kier alpha value is -3.28. The topological polar surface area (TPSA) is 70.7 Å². The molecule has 0 bridgehead atoms. The van der Waals surface area contributed by atoms with E-state index < -0.39 is 6.04 Å². The number of hydrogen-bond donors (Lipinski definition) is 2. The Morgan fingerprint density at radius 1 is 1.07 bits per heavy atom. The number of rotatable bonds is 5. The van der Waals surface area contributed by atoms with E-state index >= 15 is 0 Å². The third kappa shape index (κ3) is 3.38. The van der Waals surface area contributed by atoms with Crippen molar-refractivity contribution in [2.45, 2.75) is 12.5 Å². The highest BCUT2D eigenvalue weighted by Gasteiger charge is 2.40. The predicted octanol–water partition coefficient (Wildman–Crippen LogP) is 2.39. The molecule has 0 fully saturated rings. The third-order valence-corrected chi connectivity index (χ3v) is 4.98. The summed E-state index contributed by atoms with van der Waals surface area (Å²) in [4.78, 5) is 26.9. The molecule has 0 aliphatic carbocycles. The molecule has 2 aliphatic rings. The fourth-order valence-corrected chi connectivity index (χ4v) is 3.56. The number of benzene rings is 2. The van der Waals surface area contributed by atoms with Crippen LogP contribution in [0.2, 0.25) is 0 Å². The lowest BCUT2D eigenvalue weighted by Crippen LogP contribution is -2.44. The van der Waals surface area contributed by atoms with E-state index in [2.05, 4.69) is 22.8 Å². The van der Waals surface area contributed by atoms with Crippen LogP contribution in [0.5, 0.6) is 5.75 Å². The molecule has 0 spiro atoms. The van der Waals surface area contributed by atoms with Gasteiger partial charge in [-0.25, -0.2) is 4.79 Å². The third-order valence-electron chi connectivity index (χ3n) is 4.98. The minimum absolute atomic E-state index is 0.0331. The number of hydrogen-bond acceptors (Lipinski definition) is 3. The quantitative estimate of drug-likeness (QED) is 0.857. The van der Waals surface area contributed by atoms with Crippen molar-refractivity contribution < 1.29 is 14.3 Å². The van der Waals surface area contributed by atoms with Crippen LogP contribution in [0.1, 0.15) is 17.2 Å². The van der Waals surface area contributed by atoms with Gasteiger partial charge in [0.15, 0.2) is 0 Å². The van der Waals surface area contributed by atoms with Crippen LogP contribution in [-0.4, -0.2) is 37.0 Å². The zero-order chi connectivity index (χ0) is 18.8. The fraction of sp³-hybridized carbons (Fsp3) is 0.238. The van der Waals surface area contributed by atoms with Crippen LogP contribution in [0, 0.1) is 0 Å². The molecule has 2 aromatic carbocycles. The minimum Gasteiger partial charge on any atom is -0.497 e. The van der Waals surface area contributed by atoms with Crippen LogP contribution in [0.25, 0.3) is 0 Å². The Balaban J connectivity index is 1.54. The van der Waals surface area contributed by atoms with E-state index in [-0.39, 0.29) is 11.9 Å². The van der Waals surface area contributed by atoms with Crippen LogP contribution in [-0.2, 0) is 11.2 Å². The Labute approximate surface area is 157 Å². The normalized spacial score (nSPS) is 18.9. The van der Waals surface area contributed by atoms with E-state index in [1.54, 1.807) is 12.0 Å². The van der Waals surface area contributed by atoms with E-state index in [1.165, 1.54) is 5.56 Å². The lowest BCUT2D eigenvalue weighted by molar-refractivity contribution is -0.125. The van der Waals surface area contributed by atoms with Crippen molar-refractivity contribution in [3.05, 3.63) is 77.0 Å². The van der Waals surface area contributed by atoms with Gasteiger partial charge in [0.1, 0.15) is 5.75 Å². The van der Waals surface area contributed by atoms with Gasteiger partial charge in [-0.3, -0.25) is 4.79 Å². The van der Waals surface area contributed by atoms with Gasteiger partial charge < -0.3 is 20.3 Å². The van der Waals surface area contributed by atoms with Gasteiger partial charge in [-0.2, -0.15) is 0 Å². The van der Waals surface area contributed by atoms with Crippen molar-refractivity contribution in [3.8, 4) is 5.75 Å². The van der Waals surface area contributed by atoms with Gasteiger partial charge in [0.2, 0.25) is 0 Å². The molecule has 2 heterocycles. The zero-order valence-electron chi connectivity index (χ0n) is 15.1. The molecule has 2 aliphatic heterocycles. The molecule has 3 amide bonds. The van der Waals surface area contributed by atoms with Crippen molar-refractivity contribution in [2.24, 2.45) is 0 Å². The molecule has 0 saturated carbocycles. The van der Waals surface area contributed by atoms with Gasteiger partial charge in [-0.05, 0) is 29.7 Å². The SMILES string of the molecule is COc1ccc(C2NC(=O)NC3=C2C(=O)N(CCc2ccccc2)C3)cc1. The summed E-state index contributed by atoms with van der Waals surface area (Å²) >= 11 is 0. The summed E-state index contributed by atoms with van der Waals surface area (Å²) in [5.74, 6) is 0.699. The molecular formula is C21H21N3O3. The van der Waals surface area contributed by atoms with Gasteiger partial charge in [0.05, 0.1) is 31.0 Å². The Morgan fingerprint density at radius 3 is 2.52 bits per heavy atom. The average molecular weight is 363 g/mol. The van der Waals surface area contributed by atoms with Crippen LogP contribution in [0.4, 0.5) is 4.79 Å². The van der Waals surface area contributed by atoms with E-state index in [9.17, 15) is 9.59 Å². The second-order valence-electron chi connectivity index (χ2n) is 6.66.